The summed E-state index contributed by atoms with van der Waals surface area (Å²) in [6, 6.07) is 11.2. The van der Waals surface area contributed by atoms with Gasteiger partial charge in [0.05, 0.1) is 24.2 Å². The monoisotopic (exact) mass is 548 g/mol. The largest absolute Gasteiger partial charge is 0.495 e. The van der Waals surface area contributed by atoms with Crippen LogP contribution in [0.4, 0.5) is 11.4 Å². The normalized spacial score (nSPS) is 19.2. The molecule has 2 aromatic carbocycles. The van der Waals surface area contributed by atoms with Gasteiger partial charge in [0.25, 0.3) is 5.91 Å². The van der Waals surface area contributed by atoms with Crippen LogP contribution in [0.25, 0.3) is 0 Å². The molecule has 4 rings (SSSR count). The number of carbonyl (C=O) groups excluding carboxylic acids is 2. The number of methoxy groups -OCH3 is 1. The Morgan fingerprint density at radius 1 is 1.11 bits per heavy atom. The van der Waals surface area contributed by atoms with Crippen LogP contribution in [0.5, 0.6) is 5.75 Å². The van der Waals surface area contributed by atoms with Crippen molar-refractivity contribution in [1.82, 2.24) is 9.80 Å². The predicted molar refractivity (Wildman–Crippen MR) is 148 cm³/mol. The Kier molecular flexibility index (Phi) is 8.72. The molecule has 0 radical (unpaired) electrons. The molecule has 0 aromatic heterocycles. The van der Waals surface area contributed by atoms with Gasteiger partial charge in [-0.25, -0.2) is 0 Å². The topological polar surface area (TPSA) is 65.1 Å². The van der Waals surface area contributed by atoms with Gasteiger partial charge in [-0.3, -0.25) is 14.5 Å². The summed E-state index contributed by atoms with van der Waals surface area (Å²) in [5, 5.41) is 4.18. The number of anilines is 2. The molecule has 0 spiro atoms. The van der Waals surface area contributed by atoms with E-state index >= 15 is 0 Å². The van der Waals surface area contributed by atoms with E-state index in [1.807, 2.05) is 4.90 Å². The van der Waals surface area contributed by atoms with Gasteiger partial charge in [-0.05, 0) is 86.5 Å². The van der Waals surface area contributed by atoms with Crippen molar-refractivity contribution in [2.75, 3.05) is 43.5 Å². The first-order chi connectivity index (χ1) is 17.3. The average molecular weight is 550 g/mol. The molecule has 2 aliphatic heterocycles. The van der Waals surface area contributed by atoms with Crippen molar-refractivity contribution in [3.63, 3.8) is 0 Å². The van der Waals surface area contributed by atoms with E-state index in [9.17, 15) is 9.59 Å². The van der Waals surface area contributed by atoms with Gasteiger partial charge in [-0.1, -0.05) is 30.1 Å². The van der Waals surface area contributed by atoms with Crippen LogP contribution in [0.3, 0.4) is 0 Å². The van der Waals surface area contributed by atoms with Gasteiger partial charge in [0.15, 0.2) is 5.11 Å². The molecule has 1 N–H and O–H groups in total. The second-order valence-corrected chi connectivity index (χ2v) is 10.5. The number of amides is 2. The minimum atomic E-state index is -0.714. The van der Waals surface area contributed by atoms with Gasteiger partial charge >= 0.3 is 0 Å². The fourth-order valence-corrected chi connectivity index (χ4v) is 5.37. The molecule has 2 amide bonds. The van der Waals surface area contributed by atoms with Crippen LogP contribution < -0.4 is 15.0 Å². The van der Waals surface area contributed by atoms with Crippen molar-refractivity contribution in [3.05, 3.63) is 52.5 Å². The minimum absolute atomic E-state index is 0.0287. The Balaban J connectivity index is 1.53. The zero-order valence-electron chi connectivity index (χ0n) is 20.4. The lowest BCUT2D eigenvalue weighted by molar-refractivity contribution is -0.124. The van der Waals surface area contributed by atoms with Crippen molar-refractivity contribution in [1.29, 1.82) is 0 Å². The number of likely N-dealkylation sites (tertiary alicyclic amines) is 1. The maximum absolute atomic E-state index is 13.6. The van der Waals surface area contributed by atoms with Crippen molar-refractivity contribution in [3.8, 4) is 5.75 Å². The number of carbonyl (C=O) groups is 2. The lowest BCUT2D eigenvalue weighted by Gasteiger charge is -2.32. The smallest absolute Gasteiger partial charge is 0.256 e. The summed E-state index contributed by atoms with van der Waals surface area (Å²) in [4.78, 5) is 32.3. The molecule has 0 bridgehead atoms. The zero-order chi connectivity index (χ0) is 25.8. The molecule has 1 atom stereocenters. The highest BCUT2D eigenvalue weighted by atomic mass is 35.5. The van der Waals surface area contributed by atoms with E-state index in [2.05, 4.69) is 17.1 Å². The number of hydrogen-bond acceptors (Lipinski definition) is 5. The van der Waals surface area contributed by atoms with Crippen LogP contribution in [-0.2, 0) is 9.59 Å². The van der Waals surface area contributed by atoms with Gasteiger partial charge in [-0.2, -0.15) is 0 Å². The van der Waals surface area contributed by atoms with E-state index < -0.39 is 6.04 Å². The zero-order valence-corrected chi connectivity index (χ0v) is 22.7. The van der Waals surface area contributed by atoms with Crippen molar-refractivity contribution < 1.29 is 14.3 Å². The number of nitrogens with zero attached hydrogens (tertiary/aromatic N) is 3. The van der Waals surface area contributed by atoms with E-state index in [1.165, 1.54) is 12.0 Å². The average Bonchev–Trinajstić information content (AvgIpc) is 3.08. The lowest BCUT2D eigenvalue weighted by atomic mass is 9.99. The fraction of sp³-hybridized carbons (Fsp3) is 0.423. The van der Waals surface area contributed by atoms with Crippen LogP contribution >= 0.6 is 35.4 Å². The summed E-state index contributed by atoms with van der Waals surface area (Å²) >= 11 is 18.1. The second-order valence-electron chi connectivity index (χ2n) is 9.27. The Morgan fingerprint density at radius 3 is 2.44 bits per heavy atom. The maximum Gasteiger partial charge on any atom is 0.256 e. The predicted octanol–water partition coefficient (Wildman–Crippen LogP) is 5.06. The van der Waals surface area contributed by atoms with Crippen LogP contribution in [0.2, 0.25) is 10.0 Å². The van der Waals surface area contributed by atoms with E-state index in [4.69, 9.17) is 40.2 Å². The molecule has 10 heteroatoms. The van der Waals surface area contributed by atoms with Gasteiger partial charge in [0.1, 0.15) is 11.8 Å². The van der Waals surface area contributed by atoms with Crippen molar-refractivity contribution in [2.45, 2.75) is 32.2 Å². The molecule has 2 heterocycles. The first kappa shape index (κ1) is 26.7. The molecule has 0 aliphatic carbocycles. The second kappa shape index (κ2) is 11.8. The molecule has 2 aliphatic rings. The van der Waals surface area contributed by atoms with Crippen LogP contribution in [0, 0.1) is 5.92 Å². The third kappa shape index (κ3) is 6.11. The first-order valence-electron chi connectivity index (χ1n) is 12.0. The minimum Gasteiger partial charge on any atom is -0.495 e. The third-order valence-corrected chi connectivity index (χ3v) is 7.72. The first-order valence-corrected chi connectivity index (χ1v) is 13.2. The molecule has 0 unspecified atom stereocenters. The molecule has 192 valence electrons. The Bertz CT molecular complexity index is 1120. The Hall–Kier alpha value is -2.39. The van der Waals surface area contributed by atoms with E-state index in [-0.39, 0.29) is 18.2 Å². The highest BCUT2D eigenvalue weighted by molar-refractivity contribution is 7.80. The standard InChI is InChI=1S/C26H30Cl2N4O3S/c1-17-9-11-30(12-10-17)13-14-31-22(16-24(33)29-19-5-3-18(27)4-6-19)25(34)32(26(31)36)20-7-8-23(35-2)21(28)15-20/h3-8,15,17,22H,9-14,16H2,1-2H3,(H,29,33)/t22-/m1/s1. The van der Waals surface area contributed by atoms with Gasteiger partial charge < -0.3 is 19.9 Å². The highest BCUT2D eigenvalue weighted by Gasteiger charge is 2.44. The van der Waals surface area contributed by atoms with Gasteiger partial charge in [-0.15, -0.1) is 0 Å². The molecule has 7 nitrogen and oxygen atoms in total. The fourth-order valence-electron chi connectivity index (χ4n) is 4.58. The molecule has 2 aromatic rings. The number of ether oxygens (including phenoxy) is 1. The maximum atomic E-state index is 13.6. The molecule has 0 saturated carbocycles. The van der Waals surface area contributed by atoms with Crippen molar-refractivity contribution in [2.24, 2.45) is 5.92 Å². The molecule has 36 heavy (non-hydrogen) atoms. The van der Waals surface area contributed by atoms with Crippen LogP contribution in [-0.4, -0.2) is 66.1 Å². The summed E-state index contributed by atoms with van der Waals surface area (Å²) in [7, 11) is 1.53. The number of benzene rings is 2. The molecular formula is C26H30Cl2N4O3S. The van der Waals surface area contributed by atoms with E-state index in [0.717, 1.165) is 38.4 Å². The summed E-state index contributed by atoms with van der Waals surface area (Å²) in [6.07, 6.45) is 2.29. The summed E-state index contributed by atoms with van der Waals surface area (Å²) < 4.78 is 5.24. The summed E-state index contributed by atoms with van der Waals surface area (Å²) in [6.45, 7) is 5.65. The van der Waals surface area contributed by atoms with E-state index in [1.54, 1.807) is 42.5 Å². The number of thiocarbonyl (C=S) groups is 1. The van der Waals surface area contributed by atoms with Gasteiger partial charge in [0, 0.05) is 23.8 Å². The molecular weight excluding hydrogens is 519 g/mol. The van der Waals surface area contributed by atoms with Crippen LogP contribution in [0.15, 0.2) is 42.5 Å². The lowest BCUT2D eigenvalue weighted by Crippen LogP contribution is -2.44. The number of piperidine rings is 1. The summed E-state index contributed by atoms with van der Waals surface area (Å²) in [5.41, 5.74) is 1.17. The van der Waals surface area contributed by atoms with Crippen LogP contribution in [0.1, 0.15) is 26.2 Å². The number of halogens is 2. The number of nitrogens with one attached hydrogen (secondary N) is 1. The van der Waals surface area contributed by atoms with Gasteiger partial charge in [0.2, 0.25) is 5.91 Å². The van der Waals surface area contributed by atoms with Crippen molar-refractivity contribution >= 4 is 63.7 Å². The molecule has 2 fully saturated rings. The Labute approximate surface area is 227 Å². The summed E-state index contributed by atoms with van der Waals surface area (Å²) in [5.74, 6) is 0.716. The third-order valence-electron chi connectivity index (χ3n) is 6.75. The molecule has 2 saturated heterocycles. The highest BCUT2D eigenvalue weighted by Crippen LogP contribution is 2.33. The SMILES string of the molecule is COc1ccc(N2C(=O)[C@@H](CC(=O)Nc3ccc(Cl)cc3)N(CCN3CCC(C)CC3)C2=S)cc1Cl. The number of rotatable bonds is 8. The number of hydrogen-bond donors (Lipinski definition) is 1. The van der Waals surface area contributed by atoms with E-state index in [0.29, 0.717) is 38.8 Å². The Morgan fingerprint density at radius 2 is 1.81 bits per heavy atom. The quantitative estimate of drug-likeness (QED) is 0.465.